The third-order valence-corrected chi connectivity index (χ3v) is 1.38. The highest BCUT2D eigenvalue weighted by Gasteiger charge is 2.02. The number of amides is 1. The van der Waals surface area contributed by atoms with Crippen LogP contribution in [0.25, 0.3) is 0 Å². The summed E-state index contributed by atoms with van der Waals surface area (Å²) in [5.74, 6) is 1.01. The van der Waals surface area contributed by atoms with Crippen LogP contribution in [0.5, 0.6) is 0 Å². The average Bonchev–Trinajstić information content (AvgIpc) is 1.88. The van der Waals surface area contributed by atoms with Crippen LogP contribution in [0.1, 0.15) is 0 Å². The van der Waals surface area contributed by atoms with Crippen molar-refractivity contribution >= 4 is 29.6 Å². The molecule has 0 aliphatic carbocycles. The molecule has 0 saturated carbocycles. The molecule has 0 atom stereocenters. The Balaban J connectivity index is 0. The van der Waals surface area contributed by atoms with Gasteiger partial charge in [0.15, 0.2) is 0 Å². The van der Waals surface area contributed by atoms with Crippen LogP contribution in [0.15, 0.2) is 0 Å². The fourth-order valence-corrected chi connectivity index (χ4v) is 0.971. The molecule has 0 fully saturated rings. The van der Waals surface area contributed by atoms with Gasteiger partial charge in [-0.3, -0.25) is 4.90 Å². The van der Waals surface area contributed by atoms with Crippen molar-refractivity contribution < 1.29 is 26.7 Å². The molecule has 0 aliphatic heterocycles. The second-order valence-electron chi connectivity index (χ2n) is 1.65. The predicted octanol–water partition coefficient (Wildman–Crippen LogP) is -3.49. The number of carbonyl (C=O) groups is 1. The Kier molecular flexibility index (Phi) is 12.9. The molecule has 0 aromatic heterocycles. The fourth-order valence-electron chi connectivity index (χ4n) is 0.486. The first-order valence-corrected chi connectivity index (χ1v) is 3.84. The zero-order valence-corrected chi connectivity index (χ0v) is 8.55. The molecule has 0 radical (unpaired) electrons. The van der Waals surface area contributed by atoms with E-state index in [1.807, 2.05) is 0 Å². The summed E-state index contributed by atoms with van der Waals surface area (Å²) in [6, 6.07) is 0. The maximum atomic E-state index is 10.1. The third-order valence-electron chi connectivity index (χ3n) is 0.998. The quantitative estimate of drug-likeness (QED) is 0.397. The molecule has 0 aromatic rings. The van der Waals surface area contributed by atoms with Gasteiger partial charge in [-0.15, -0.1) is 23.2 Å². The largest absolute Gasteiger partial charge is 1.00 e. The third kappa shape index (κ3) is 6.81. The van der Waals surface area contributed by atoms with E-state index in [0.717, 1.165) is 11.3 Å². The van der Waals surface area contributed by atoms with E-state index >= 15 is 0 Å². The molecular weight excluding hydrogens is 241 g/mol. The minimum absolute atomic E-state index is 0. The number of halogens is 3. The lowest BCUT2D eigenvalue weighted by atomic mass is 10.6. The van der Waals surface area contributed by atoms with Gasteiger partial charge in [0, 0.05) is 0 Å². The summed E-state index contributed by atoms with van der Waals surface area (Å²) in [5.41, 5.74) is 0. The smallest absolute Gasteiger partial charge is 0.299 e. The Morgan fingerprint density at radius 1 is 1.20 bits per heavy atom. The molecule has 0 aliphatic rings. The Hall–Kier alpha value is 0.690. The molecule has 1 amide bonds. The molecule has 0 aromatic carbocycles. The Labute approximate surface area is 81.2 Å². The van der Waals surface area contributed by atoms with Crippen molar-refractivity contribution in [3.05, 3.63) is 0 Å². The molecule has 0 heterocycles. The van der Waals surface area contributed by atoms with Crippen LogP contribution in [0, 0.1) is 0 Å². The van der Waals surface area contributed by atoms with Crippen molar-refractivity contribution in [2.24, 2.45) is 0 Å². The minimum atomic E-state index is 0. The van der Waals surface area contributed by atoms with E-state index in [1.54, 1.807) is 0 Å². The van der Waals surface area contributed by atoms with Gasteiger partial charge in [0.05, 0.1) is 24.8 Å². The molecule has 0 rings (SSSR count). The molecule has 0 saturated heterocycles. The Morgan fingerprint density at radius 3 is 1.80 bits per heavy atom. The molecule has 1 N–H and O–H groups in total. The first kappa shape index (κ1) is 13.3. The van der Waals surface area contributed by atoms with Crippen LogP contribution in [0.3, 0.4) is 0 Å². The van der Waals surface area contributed by atoms with Crippen LogP contribution in [-0.2, 0) is 4.79 Å². The average molecular weight is 251 g/mol. The summed E-state index contributed by atoms with van der Waals surface area (Å²) < 4.78 is 0. The van der Waals surface area contributed by atoms with Crippen molar-refractivity contribution in [1.82, 2.24) is 0 Å². The van der Waals surface area contributed by atoms with Gasteiger partial charge in [-0.2, -0.15) is 0 Å². The van der Waals surface area contributed by atoms with Gasteiger partial charge >= 0.3 is 0 Å². The summed E-state index contributed by atoms with van der Waals surface area (Å²) in [6.45, 7) is 1.33. The zero-order chi connectivity index (χ0) is 7.11. The number of hydrogen-bond donors (Lipinski definition) is 1. The summed E-state index contributed by atoms with van der Waals surface area (Å²) in [4.78, 5) is 10.9. The van der Waals surface area contributed by atoms with Gasteiger partial charge in [0.25, 0.3) is 6.41 Å². The first-order valence-electron chi connectivity index (χ1n) is 2.77. The first-order chi connectivity index (χ1) is 4.35. The number of rotatable bonds is 5. The van der Waals surface area contributed by atoms with E-state index in [1.165, 1.54) is 0 Å². The number of nitrogens with one attached hydrogen (secondary N) is 1. The highest BCUT2D eigenvalue weighted by atomic mass is 79.9. The van der Waals surface area contributed by atoms with Gasteiger partial charge in [-0.05, 0) is 0 Å². The van der Waals surface area contributed by atoms with E-state index in [9.17, 15) is 4.79 Å². The van der Waals surface area contributed by atoms with Crippen molar-refractivity contribution in [3.63, 3.8) is 0 Å². The second kappa shape index (κ2) is 9.69. The van der Waals surface area contributed by atoms with Crippen LogP contribution in [0.4, 0.5) is 0 Å². The monoisotopic (exact) mass is 249 g/mol. The van der Waals surface area contributed by atoms with Crippen LogP contribution in [0.2, 0.25) is 0 Å². The number of quaternary nitrogens is 1. The van der Waals surface area contributed by atoms with Gasteiger partial charge in [0.1, 0.15) is 0 Å². The fraction of sp³-hybridized carbons (Fsp3) is 0.800. The van der Waals surface area contributed by atoms with Crippen molar-refractivity contribution in [1.29, 1.82) is 0 Å². The Morgan fingerprint density at radius 2 is 1.60 bits per heavy atom. The molecule has 0 bridgehead atoms. The highest BCUT2D eigenvalue weighted by molar-refractivity contribution is 6.18. The molecule has 2 nitrogen and oxygen atoms in total. The number of hydrogen-bond acceptors (Lipinski definition) is 1. The van der Waals surface area contributed by atoms with E-state index in [4.69, 9.17) is 23.2 Å². The normalized spacial score (nSPS) is 9.10. The standard InChI is InChI=1S/C5H9Cl2NO.BrH/c6-1-3-8(5-9)4-2-7;/h5H,1-4H2;1H. The van der Waals surface area contributed by atoms with Crippen LogP contribution >= 0.6 is 23.2 Å². The van der Waals surface area contributed by atoms with Crippen LogP contribution < -0.4 is 21.9 Å². The maximum Gasteiger partial charge on any atom is 0.299 e. The van der Waals surface area contributed by atoms with Crippen molar-refractivity contribution in [3.8, 4) is 0 Å². The Bertz CT molecular complexity index is 78.0. The maximum absolute atomic E-state index is 10.1. The topological polar surface area (TPSA) is 21.5 Å². The van der Waals surface area contributed by atoms with E-state index < -0.39 is 0 Å². The van der Waals surface area contributed by atoms with E-state index in [2.05, 4.69) is 0 Å². The molecule has 5 heteroatoms. The zero-order valence-electron chi connectivity index (χ0n) is 5.45. The number of carbonyl (C=O) groups excluding carboxylic acids is 1. The molecule has 10 heavy (non-hydrogen) atoms. The van der Waals surface area contributed by atoms with Gasteiger partial charge < -0.3 is 17.0 Å². The summed E-state index contributed by atoms with van der Waals surface area (Å²) >= 11 is 10.8. The minimum Gasteiger partial charge on any atom is -1.00 e. The molecule has 62 valence electrons. The molecule has 0 unspecified atom stereocenters. The molecule has 0 spiro atoms. The van der Waals surface area contributed by atoms with Gasteiger partial charge in [0.2, 0.25) is 0 Å². The van der Waals surface area contributed by atoms with Crippen molar-refractivity contribution in [2.45, 2.75) is 0 Å². The lowest BCUT2D eigenvalue weighted by Crippen LogP contribution is -3.11. The summed E-state index contributed by atoms with van der Waals surface area (Å²) in [5, 5.41) is 0. The van der Waals surface area contributed by atoms with Crippen LogP contribution in [-0.4, -0.2) is 31.3 Å². The highest BCUT2D eigenvalue weighted by Crippen LogP contribution is 1.67. The van der Waals surface area contributed by atoms with E-state index in [-0.39, 0.29) is 17.0 Å². The summed E-state index contributed by atoms with van der Waals surface area (Å²) in [7, 11) is 0. The SMILES string of the molecule is O=C[NH+](CCCl)CCCl.[Br-]. The lowest BCUT2D eigenvalue weighted by molar-refractivity contribution is -0.805. The molecular formula is C5H10BrCl2NO. The summed E-state index contributed by atoms with van der Waals surface area (Å²) in [6.07, 6.45) is 0.838. The van der Waals surface area contributed by atoms with Crippen molar-refractivity contribution in [2.75, 3.05) is 24.8 Å². The van der Waals surface area contributed by atoms with Gasteiger partial charge in [-0.1, -0.05) is 0 Å². The van der Waals surface area contributed by atoms with E-state index in [0.29, 0.717) is 24.8 Å². The lowest BCUT2D eigenvalue weighted by Gasteiger charge is -2.06. The van der Waals surface area contributed by atoms with Gasteiger partial charge in [-0.25, -0.2) is 4.79 Å². The predicted molar refractivity (Wildman–Crippen MR) is 38.2 cm³/mol. The number of alkyl halides is 2. The second-order valence-corrected chi connectivity index (χ2v) is 2.41.